The minimum Gasteiger partial charge on any atom is -0.256 e. The van der Waals surface area contributed by atoms with E-state index in [0.717, 1.165) is 22.4 Å². The lowest BCUT2D eigenvalue weighted by Crippen LogP contribution is -2.02. The number of nitrogens with two attached hydrogens (primary N) is 1. The Hall–Kier alpha value is -2.30. The van der Waals surface area contributed by atoms with E-state index in [9.17, 15) is 4.21 Å². The van der Waals surface area contributed by atoms with E-state index in [1.54, 1.807) is 18.3 Å². The van der Waals surface area contributed by atoms with Gasteiger partial charge in [0.2, 0.25) is 0 Å². The fourth-order valence-electron chi connectivity index (χ4n) is 2.23. The second-order valence-corrected chi connectivity index (χ2v) is 5.65. The zero-order valence-corrected chi connectivity index (χ0v) is 12.1. The number of hydrogen-bond acceptors (Lipinski definition) is 2. The van der Waals surface area contributed by atoms with E-state index in [1.807, 2.05) is 54.6 Å². The van der Waals surface area contributed by atoms with Crippen LogP contribution in [0.2, 0.25) is 0 Å². The molecule has 0 saturated heterocycles. The van der Waals surface area contributed by atoms with Crippen molar-refractivity contribution < 1.29 is 4.21 Å². The monoisotopic (exact) mass is 294 g/mol. The molecule has 104 valence electrons. The lowest BCUT2D eigenvalue weighted by molar-refractivity contribution is 0.684. The van der Waals surface area contributed by atoms with Gasteiger partial charge < -0.3 is 0 Å². The Kier molecular flexibility index (Phi) is 3.90. The zero-order chi connectivity index (χ0) is 14.7. The zero-order valence-electron chi connectivity index (χ0n) is 11.3. The van der Waals surface area contributed by atoms with E-state index in [4.69, 9.17) is 5.14 Å². The SMILES string of the molecule is NS(=O)c1ccc(-c2cccnc2-c2ccccc2)cc1. The molecule has 0 aliphatic heterocycles. The van der Waals surface area contributed by atoms with Gasteiger partial charge in [-0.2, -0.15) is 0 Å². The van der Waals surface area contributed by atoms with E-state index < -0.39 is 11.0 Å². The highest BCUT2D eigenvalue weighted by molar-refractivity contribution is 7.82. The molecule has 0 bridgehead atoms. The van der Waals surface area contributed by atoms with Crippen LogP contribution in [0.1, 0.15) is 0 Å². The predicted octanol–water partition coefficient (Wildman–Crippen LogP) is 3.40. The van der Waals surface area contributed by atoms with Crippen LogP contribution in [0, 0.1) is 0 Å². The molecule has 1 aromatic heterocycles. The summed E-state index contributed by atoms with van der Waals surface area (Å²) in [5.74, 6) is 0. The summed E-state index contributed by atoms with van der Waals surface area (Å²) < 4.78 is 11.3. The number of rotatable bonds is 3. The second kappa shape index (κ2) is 5.99. The summed E-state index contributed by atoms with van der Waals surface area (Å²) in [5, 5.41) is 5.38. The fraction of sp³-hybridized carbons (Fsp3) is 0. The second-order valence-electron chi connectivity index (χ2n) is 4.59. The first-order valence-electron chi connectivity index (χ1n) is 6.53. The first kappa shape index (κ1) is 13.7. The van der Waals surface area contributed by atoms with E-state index in [-0.39, 0.29) is 0 Å². The molecule has 0 spiro atoms. The van der Waals surface area contributed by atoms with Gasteiger partial charge in [0.25, 0.3) is 0 Å². The van der Waals surface area contributed by atoms with Gasteiger partial charge in [0.1, 0.15) is 11.0 Å². The Morgan fingerprint density at radius 1 is 0.810 bits per heavy atom. The first-order chi connectivity index (χ1) is 10.3. The molecule has 1 atom stereocenters. The van der Waals surface area contributed by atoms with Crippen molar-refractivity contribution in [3.05, 3.63) is 72.9 Å². The molecule has 0 saturated carbocycles. The van der Waals surface area contributed by atoms with E-state index in [0.29, 0.717) is 4.90 Å². The third-order valence-electron chi connectivity index (χ3n) is 3.25. The van der Waals surface area contributed by atoms with Gasteiger partial charge in [-0.15, -0.1) is 0 Å². The maximum absolute atomic E-state index is 11.3. The quantitative estimate of drug-likeness (QED) is 0.805. The lowest BCUT2D eigenvalue weighted by Gasteiger charge is -2.09. The molecule has 3 aromatic rings. The Labute approximate surface area is 126 Å². The molecular formula is C17H14N2OS. The highest BCUT2D eigenvalue weighted by Crippen LogP contribution is 2.30. The van der Waals surface area contributed by atoms with Crippen LogP contribution in [0.25, 0.3) is 22.4 Å². The van der Waals surface area contributed by atoms with Crippen molar-refractivity contribution in [2.75, 3.05) is 0 Å². The minimum atomic E-state index is -1.45. The van der Waals surface area contributed by atoms with Crippen LogP contribution in [0.3, 0.4) is 0 Å². The molecule has 0 aliphatic carbocycles. The molecule has 3 rings (SSSR count). The molecule has 3 nitrogen and oxygen atoms in total. The molecule has 1 heterocycles. The molecule has 1 unspecified atom stereocenters. The van der Waals surface area contributed by atoms with E-state index in [2.05, 4.69) is 4.98 Å². The number of benzene rings is 2. The Morgan fingerprint density at radius 2 is 1.52 bits per heavy atom. The average molecular weight is 294 g/mol. The van der Waals surface area contributed by atoms with Crippen LogP contribution in [-0.4, -0.2) is 9.19 Å². The maximum atomic E-state index is 11.3. The van der Waals surface area contributed by atoms with Crippen molar-refractivity contribution in [2.45, 2.75) is 4.90 Å². The average Bonchev–Trinajstić information content (AvgIpc) is 2.56. The van der Waals surface area contributed by atoms with Gasteiger partial charge in [0.15, 0.2) is 0 Å². The molecule has 4 heteroatoms. The van der Waals surface area contributed by atoms with Crippen molar-refractivity contribution in [3.8, 4) is 22.4 Å². The highest BCUT2D eigenvalue weighted by atomic mass is 32.2. The molecule has 21 heavy (non-hydrogen) atoms. The van der Waals surface area contributed by atoms with Crippen molar-refractivity contribution in [2.24, 2.45) is 5.14 Å². The smallest absolute Gasteiger partial charge is 0.122 e. The summed E-state index contributed by atoms with van der Waals surface area (Å²) in [6, 6.07) is 21.4. The molecule has 0 fully saturated rings. The van der Waals surface area contributed by atoms with Gasteiger partial charge in [0.05, 0.1) is 10.6 Å². The van der Waals surface area contributed by atoms with Gasteiger partial charge >= 0.3 is 0 Å². The first-order valence-corrected chi connectivity index (χ1v) is 7.74. The van der Waals surface area contributed by atoms with Crippen LogP contribution in [0.4, 0.5) is 0 Å². The summed E-state index contributed by atoms with van der Waals surface area (Å²) in [5.41, 5.74) is 4.06. The maximum Gasteiger partial charge on any atom is 0.122 e. The highest BCUT2D eigenvalue weighted by Gasteiger charge is 2.08. The Bertz CT molecular complexity index is 770. The number of pyridine rings is 1. The Balaban J connectivity index is 2.09. The molecule has 2 N–H and O–H groups in total. The minimum absolute atomic E-state index is 0.615. The van der Waals surface area contributed by atoms with E-state index >= 15 is 0 Å². The van der Waals surface area contributed by atoms with Crippen LogP contribution in [-0.2, 0) is 11.0 Å². The van der Waals surface area contributed by atoms with Crippen molar-refractivity contribution in [1.82, 2.24) is 4.98 Å². The molecule has 0 radical (unpaired) electrons. The fourth-order valence-corrected chi connectivity index (χ4v) is 2.64. The lowest BCUT2D eigenvalue weighted by atomic mass is 10.00. The number of aromatic nitrogens is 1. The summed E-state index contributed by atoms with van der Waals surface area (Å²) in [7, 11) is -1.45. The standard InChI is InChI=1S/C17H14N2OS/c18-21(20)15-10-8-13(9-11-15)16-7-4-12-19-17(16)14-5-2-1-3-6-14/h1-12H,18H2. The summed E-state index contributed by atoms with van der Waals surface area (Å²) in [6.45, 7) is 0. The molecule has 0 amide bonds. The van der Waals surface area contributed by atoms with Crippen molar-refractivity contribution in [3.63, 3.8) is 0 Å². The Morgan fingerprint density at radius 3 is 2.19 bits per heavy atom. The largest absolute Gasteiger partial charge is 0.256 e. The summed E-state index contributed by atoms with van der Waals surface area (Å²) in [4.78, 5) is 5.11. The van der Waals surface area contributed by atoms with Gasteiger partial charge in [0, 0.05) is 17.3 Å². The van der Waals surface area contributed by atoms with Gasteiger partial charge in [-0.25, -0.2) is 9.35 Å². The summed E-state index contributed by atoms with van der Waals surface area (Å²) >= 11 is 0. The molecular weight excluding hydrogens is 280 g/mol. The van der Waals surface area contributed by atoms with Crippen molar-refractivity contribution in [1.29, 1.82) is 0 Å². The van der Waals surface area contributed by atoms with Crippen LogP contribution >= 0.6 is 0 Å². The van der Waals surface area contributed by atoms with Gasteiger partial charge in [-0.05, 0) is 23.8 Å². The topological polar surface area (TPSA) is 56.0 Å². The third-order valence-corrected chi connectivity index (χ3v) is 3.99. The number of hydrogen-bond donors (Lipinski definition) is 1. The molecule has 2 aromatic carbocycles. The van der Waals surface area contributed by atoms with Crippen LogP contribution in [0.15, 0.2) is 77.8 Å². The van der Waals surface area contributed by atoms with Crippen LogP contribution < -0.4 is 5.14 Å². The van der Waals surface area contributed by atoms with Gasteiger partial charge in [-0.3, -0.25) is 4.98 Å². The number of nitrogens with zero attached hydrogens (tertiary/aromatic N) is 1. The predicted molar refractivity (Wildman–Crippen MR) is 85.7 cm³/mol. The van der Waals surface area contributed by atoms with Crippen molar-refractivity contribution >= 4 is 11.0 Å². The van der Waals surface area contributed by atoms with Gasteiger partial charge in [-0.1, -0.05) is 48.5 Å². The van der Waals surface area contributed by atoms with Crippen LogP contribution in [0.5, 0.6) is 0 Å². The molecule has 0 aliphatic rings. The summed E-state index contributed by atoms with van der Waals surface area (Å²) in [6.07, 6.45) is 1.79. The third kappa shape index (κ3) is 2.91. The normalized spacial score (nSPS) is 12.0. The van der Waals surface area contributed by atoms with E-state index in [1.165, 1.54) is 0 Å².